The maximum atomic E-state index is 12.2. The van der Waals surface area contributed by atoms with Crippen LogP contribution in [0.2, 0.25) is 0 Å². The average Bonchev–Trinajstić information content (AvgIpc) is 2.55. The molecule has 0 heterocycles. The van der Waals surface area contributed by atoms with Crippen LogP contribution in [0.3, 0.4) is 0 Å². The Morgan fingerprint density at radius 1 is 1.09 bits per heavy atom. The molecule has 0 bridgehead atoms. The lowest BCUT2D eigenvalue weighted by Crippen LogP contribution is -2.11. The summed E-state index contributed by atoms with van der Waals surface area (Å²) in [6.07, 6.45) is 3.04. The summed E-state index contributed by atoms with van der Waals surface area (Å²) in [5.74, 6) is 1.68. The molecule has 0 aliphatic heterocycles. The van der Waals surface area contributed by atoms with Crippen molar-refractivity contribution in [2.75, 3.05) is 18.2 Å². The molecule has 2 aromatic carbocycles. The van der Waals surface area contributed by atoms with E-state index >= 15 is 0 Å². The van der Waals surface area contributed by atoms with Crippen LogP contribution in [0.25, 0.3) is 0 Å². The normalized spacial score (nSPS) is 10.3. The first-order chi connectivity index (χ1) is 10.7. The van der Waals surface area contributed by atoms with Crippen LogP contribution in [0.4, 0.5) is 5.69 Å². The van der Waals surface area contributed by atoms with Crippen LogP contribution in [0.5, 0.6) is 5.75 Å². The second kappa shape index (κ2) is 8.49. The Balaban J connectivity index is 1.96. The molecule has 2 aromatic rings. The molecule has 0 saturated carbocycles. The summed E-state index contributed by atoms with van der Waals surface area (Å²) in [5, 5.41) is 2.89. The smallest absolute Gasteiger partial charge is 0.255 e. The Kier molecular flexibility index (Phi) is 6.34. The van der Waals surface area contributed by atoms with Crippen molar-refractivity contribution < 1.29 is 9.53 Å². The van der Waals surface area contributed by atoms with E-state index in [2.05, 4.69) is 18.5 Å². The van der Waals surface area contributed by atoms with Gasteiger partial charge in [0.2, 0.25) is 0 Å². The number of ether oxygens (including phenoxy) is 1. The number of hydrogen-bond donors (Lipinski definition) is 1. The van der Waals surface area contributed by atoms with Gasteiger partial charge in [-0.3, -0.25) is 4.79 Å². The molecule has 0 saturated heterocycles. The van der Waals surface area contributed by atoms with Crippen molar-refractivity contribution in [3.63, 3.8) is 0 Å². The number of amides is 1. The van der Waals surface area contributed by atoms with Crippen molar-refractivity contribution in [3.8, 4) is 5.75 Å². The Hall–Kier alpha value is -1.94. The summed E-state index contributed by atoms with van der Waals surface area (Å²) < 4.78 is 5.52. The van der Waals surface area contributed by atoms with E-state index in [1.807, 2.05) is 48.5 Å². The van der Waals surface area contributed by atoms with Crippen molar-refractivity contribution in [1.29, 1.82) is 0 Å². The number of nitrogens with one attached hydrogen (secondary N) is 1. The summed E-state index contributed by atoms with van der Waals surface area (Å²) in [5.41, 5.74) is 2.65. The van der Waals surface area contributed by atoms with Gasteiger partial charge in [-0.05, 0) is 54.6 Å². The van der Waals surface area contributed by atoms with Crippen LogP contribution >= 0.6 is 11.8 Å². The number of anilines is 1. The number of rotatable bonds is 7. The molecule has 0 unspecified atom stereocenters. The van der Waals surface area contributed by atoms with Gasteiger partial charge in [0.1, 0.15) is 5.75 Å². The molecule has 22 heavy (non-hydrogen) atoms. The van der Waals surface area contributed by atoms with Gasteiger partial charge < -0.3 is 10.1 Å². The van der Waals surface area contributed by atoms with Crippen LogP contribution in [0.1, 0.15) is 29.3 Å². The minimum absolute atomic E-state index is 0.0991. The summed E-state index contributed by atoms with van der Waals surface area (Å²) in [4.78, 5) is 12.2. The van der Waals surface area contributed by atoms with Gasteiger partial charge in [0, 0.05) is 17.0 Å². The Bertz CT molecular complexity index is 593. The third-order valence-electron chi connectivity index (χ3n) is 3.11. The van der Waals surface area contributed by atoms with Crippen LogP contribution in [-0.4, -0.2) is 18.8 Å². The van der Waals surface area contributed by atoms with E-state index in [0.717, 1.165) is 23.6 Å². The predicted molar refractivity (Wildman–Crippen MR) is 93.8 cm³/mol. The van der Waals surface area contributed by atoms with Crippen LogP contribution < -0.4 is 10.1 Å². The minimum atomic E-state index is -0.0991. The molecule has 0 fully saturated rings. The van der Waals surface area contributed by atoms with Crippen molar-refractivity contribution in [2.24, 2.45) is 0 Å². The molecule has 1 N–H and O–H groups in total. The second-order valence-corrected chi connectivity index (χ2v) is 5.82. The predicted octanol–water partition coefficient (Wildman–Crippen LogP) is 4.59. The summed E-state index contributed by atoms with van der Waals surface area (Å²) in [7, 11) is 0. The van der Waals surface area contributed by atoms with E-state index in [-0.39, 0.29) is 5.91 Å². The highest BCUT2D eigenvalue weighted by molar-refractivity contribution is 7.97. The summed E-state index contributed by atoms with van der Waals surface area (Å²) in [6.45, 7) is 2.77. The molecular formula is C18H21NO2S. The van der Waals surface area contributed by atoms with E-state index in [4.69, 9.17) is 4.74 Å². The molecule has 4 heteroatoms. The quantitative estimate of drug-likeness (QED) is 0.812. The fourth-order valence-electron chi connectivity index (χ4n) is 1.98. The number of carbonyl (C=O) groups is 1. The molecule has 2 rings (SSSR count). The van der Waals surface area contributed by atoms with E-state index in [1.54, 1.807) is 11.8 Å². The van der Waals surface area contributed by atoms with Crippen molar-refractivity contribution in [2.45, 2.75) is 19.1 Å². The molecule has 0 aromatic heterocycles. The zero-order valence-corrected chi connectivity index (χ0v) is 13.8. The molecule has 3 nitrogen and oxygen atoms in total. The fourth-order valence-corrected chi connectivity index (χ4v) is 2.50. The zero-order valence-electron chi connectivity index (χ0n) is 13.0. The maximum Gasteiger partial charge on any atom is 0.255 e. The van der Waals surface area contributed by atoms with Crippen LogP contribution in [-0.2, 0) is 5.75 Å². The fraction of sp³-hybridized carbons (Fsp3) is 0.278. The third-order valence-corrected chi connectivity index (χ3v) is 3.73. The first-order valence-electron chi connectivity index (χ1n) is 7.35. The average molecular weight is 315 g/mol. The lowest BCUT2D eigenvalue weighted by atomic mass is 10.1. The highest BCUT2D eigenvalue weighted by Gasteiger charge is 2.06. The second-order valence-electron chi connectivity index (χ2n) is 4.96. The monoisotopic (exact) mass is 315 g/mol. The Morgan fingerprint density at radius 2 is 1.77 bits per heavy atom. The van der Waals surface area contributed by atoms with Crippen LogP contribution in [0.15, 0.2) is 48.5 Å². The number of carbonyl (C=O) groups excluding carboxylic acids is 1. The molecule has 1 amide bonds. The van der Waals surface area contributed by atoms with E-state index in [1.165, 1.54) is 5.56 Å². The van der Waals surface area contributed by atoms with Crippen molar-refractivity contribution in [3.05, 3.63) is 59.7 Å². The van der Waals surface area contributed by atoms with Crippen LogP contribution in [0, 0.1) is 0 Å². The lowest BCUT2D eigenvalue weighted by molar-refractivity contribution is 0.102. The summed E-state index contributed by atoms with van der Waals surface area (Å²) >= 11 is 1.77. The topological polar surface area (TPSA) is 38.3 Å². The van der Waals surface area contributed by atoms with E-state index < -0.39 is 0 Å². The molecule has 116 valence electrons. The standard InChI is InChI=1S/C18H21NO2S/c1-3-12-21-17-10-8-16(9-11-17)19-18(20)15-6-4-14(5-7-15)13-22-2/h4-11H,3,12-13H2,1-2H3,(H,19,20). The molecule has 0 radical (unpaired) electrons. The van der Waals surface area contributed by atoms with Gasteiger partial charge in [0.15, 0.2) is 0 Å². The molecule has 0 aliphatic carbocycles. The molecular weight excluding hydrogens is 294 g/mol. The highest BCUT2D eigenvalue weighted by Crippen LogP contribution is 2.17. The first kappa shape index (κ1) is 16.4. The Labute approximate surface area is 136 Å². The summed E-state index contributed by atoms with van der Waals surface area (Å²) in [6, 6.07) is 15.1. The SMILES string of the molecule is CCCOc1ccc(NC(=O)c2ccc(CSC)cc2)cc1. The van der Waals surface area contributed by atoms with Gasteiger partial charge >= 0.3 is 0 Å². The maximum absolute atomic E-state index is 12.2. The Morgan fingerprint density at radius 3 is 2.36 bits per heavy atom. The number of thioether (sulfide) groups is 1. The molecule has 0 atom stereocenters. The number of hydrogen-bond acceptors (Lipinski definition) is 3. The largest absolute Gasteiger partial charge is 0.494 e. The van der Waals surface area contributed by atoms with Crippen molar-refractivity contribution in [1.82, 2.24) is 0 Å². The van der Waals surface area contributed by atoms with E-state index in [9.17, 15) is 4.79 Å². The van der Waals surface area contributed by atoms with Gasteiger partial charge in [-0.1, -0.05) is 19.1 Å². The highest BCUT2D eigenvalue weighted by atomic mass is 32.2. The lowest BCUT2D eigenvalue weighted by Gasteiger charge is -2.08. The molecule has 0 spiro atoms. The minimum Gasteiger partial charge on any atom is -0.494 e. The van der Waals surface area contributed by atoms with Gasteiger partial charge in [0.05, 0.1) is 6.61 Å². The van der Waals surface area contributed by atoms with Gasteiger partial charge in [-0.2, -0.15) is 11.8 Å². The first-order valence-corrected chi connectivity index (χ1v) is 8.74. The van der Waals surface area contributed by atoms with Gasteiger partial charge in [-0.25, -0.2) is 0 Å². The molecule has 0 aliphatic rings. The zero-order chi connectivity index (χ0) is 15.8. The van der Waals surface area contributed by atoms with E-state index in [0.29, 0.717) is 12.2 Å². The van der Waals surface area contributed by atoms with Crippen molar-refractivity contribution >= 4 is 23.4 Å². The van der Waals surface area contributed by atoms with Gasteiger partial charge in [-0.15, -0.1) is 0 Å². The van der Waals surface area contributed by atoms with Gasteiger partial charge in [0.25, 0.3) is 5.91 Å². The third kappa shape index (κ3) is 4.81. The number of benzene rings is 2.